The molecule has 2 N–H and O–H groups in total. The maximum absolute atomic E-state index is 13.6. The average Bonchev–Trinajstić information content (AvgIpc) is 2.70. The molecule has 0 aliphatic heterocycles. The summed E-state index contributed by atoms with van der Waals surface area (Å²) < 4.78 is 14.4. The van der Waals surface area contributed by atoms with Gasteiger partial charge in [-0.15, -0.1) is 0 Å². The van der Waals surface area contributed by atoms with Gasteiger partial charge >= 0.3 is 5.97 Å². The third-order valence-corrected chi connectivity index (χ3v) is 4.79. The van der Waals surface area contributed by atoms with Gasteiger partial charge in [0.1, 0.15) is 5.82 Å². The zero-order valence-electron chi connectivity index (χ0n) is 14.4. The number of carboxylic acid groups (broad SMARTS) is 1. The monoisotopic (exact) mass is 437 g/mol. The summed E-state index contributed by atoms with van der Waals surface area (Å²) in [7, 11) is 0. The van der Waals surface area contributed by atoms with Gasteiger partial charge in [0.05, 0.1) is 22.5 Å². The third-order valence-electron chi connectivity index (χ3n) is 4.29. The van der Waals surface area contributed by atoms with Crippen molar-refractivity contribution in [2.24, 2.45) is 0 Å². The molecule has 0 fully saturated rings. The van der Waals surface area contributed by atoms with Crippen molar-refractivity contribution in [1.29, 1.82) is 0 Å². The van der Waals surface area contributed by atoms with Crippen molar-refractivity contribution in [3.8, 4) is 11.1 Å². The Morgan fingerprint density at radius 3 is 2.61 bits per heavy atom. The number of carbonyl (C=O) groups is 1. The minimum absolute atomic E-state index is 0.152. The summed E-state index contributed by atoms with van der Waals surface area (Å²) in [4.78, 5) is 20.2. The summed E-state index contributed by atoms with van der Waals surface area (Å²) >= 11 is 3.47. The number of anilines is 2. The molecule has 7 heteroatoms. The molecule has 0 unspecified atom stereocenters. The van der Waals surface area contributed by atoms with E-state index in [9.17, 15) is 14.3 Å². The second-order valence-corrected chi connectivity index (χ2v) is 6.98. The maximum Gasteiger partial charge on any atom is 0.337 e. The van der Waals surface area contributed by atoms with E-state index in [4.69, 9.17) is 0 Å². The van der Waals surface area contributed by atoms with Gasteiger partial charge < -0.3 is 10.4 Å². The van der Waals surface area contributed by atoms with Gasteiger partial charge in [-0.2, -0.15) is 0 Å². The SMILES string of the molecule is O=C(O)c1cc(F)ccc1Nc1c(-c2ccncc2)cnc2ccc(Br)cc12. The van der Waals surface area contributed by atoms with Gasteiger partial charge in [-0.25, -0.2) is 9.18 Å². The number of aromatic carboxylic acids is 1. The molecule has 0 bridgehead atoms. The largest absolute Gasteiger partial charge is 0.478 e. The van der Waals surface area contributed by atoms with Crippen LogP contribution in [0.5, 0.6) is 0 Å². The number of rotatable bonds is 4. The highest BCUT2D eigenvalue weighted by Gasteiger charge is 2.16. The number of hydrogen-bond acceptors (Lipinski definition) is 4. The van der Waals surface area contributed by atoms with Crippen molar-refractivity contribution in [3.63, 3.8) is 0 Å². The Kier molecular flexibility index (Phi) is 4.75. The summed E-state index contributed by atoms with van der Waals surface area (Å²) in [5.41, 5.74) is 3.19. The quantitative estimate of drug-likeness (QED) is 0.431. The van der Waals surface area contributed by atoms with E-state index in [1.807, 2.05) is 30.3 Å². The number of fused-ring (bicyclic) bond motifs is 1. The molecule has 0 saturated carbocycles. The van der Waals surface area contributed by atoms with Crippen LogP contribution in [0.25, 0.3) is 22.0 Å². The van der Waals surface area contributed by atoms with Crippen LogP contribution in [0.2, 0.25) is 0 Å². The molecule has 0 spiro atoms. The Morgan fingerprint density at radius 2 is 1.86 bits per heavy atom. The molecule has 0 aliphatic carbocycles. The lowest BCUT2D eigenvalue weighted by Crippen LogP contribution is -2.05. The number of pyridine rings is 2. The first kappa shape index (κ1) is 18.1. The minimum atomic E-state index is -1.22. The molecule has 0 radical (unpaired) electrons. The number of nitrogens with zero attached hydrogens (tertiary/aromatic N) is 2. The molecule has 0 atom stereocenters. The summed E-state index contributed by atoms with van der Waals surface area (Å²) in [6, 6.07) is 13.0. The third kappa shape index (κ3) is 3.44. The summed E-state index contributed by atoms with van der Waals surface area (Å²) in [6.45, 7) is 0. The fourth-order valence-corrected chi connectivity index (χ4v) is 3.35. The van der Waals surface area contributed by atoms with E-state index in [1.54, 1.807) is 18.6 Å². The van der Waals surface area contributed by atoms with Crippen molar-refractivity contribution < 1.29 is 14.3 Å². The number of nitrogens with one attached hydrogen (secondary N) is 1. The lowest BCUT2D eigenvalue weighted by atomic mass is 10.0. The van der Waals surface area contributed by atoms with Crippen LogP contribution in [0.15, 0.2) is 71.6 Å². The van der Waals surface area contributed by atoms with Crippen LogP contribution in [0.3, 0.4) is 0 Å². The smallest absolute Gasteiger partial charge is 0.337 e. The number of benzene rings is 2. The van der Waals surface area contributed by atoms with E-state index in [0.717, 1.165) is 32.6 Å². The van der Waals surface area contributed by atoms with Crippen LogP contribution in [0.1, 0.15) is 10.4 Å². The van der Waals surface area contributed by atoms with Gasteiger partial charge in [0.15, 0.2) is 0 Å². The summed E-state index contributed by atoms with van der Waals surface area (Å²) in [6.07, 6.45) is 5.06. The van der Waals surface area contributed by atoms with Crippen molar-refractivity contribution >= 4 is 44.2 Å². The minimum Gasteiger partial charge on any atom is -0.478 e. The number of halogens is 2. The summed E-state index contributed by atoms with van der Waals surface area (Å²) in [5.74, 6) is -1.83. The Balaban J connectivity index is 1.97. The van der Waals surface area contributed by atoms with Gasteiger partial charge in [-0.05, 0) is 54.1 Å². The molecule has 5 nitrogen and oxygen atoms in total. The highest BCUT2D eigenvalue weighted by Crippen LogP contribution is 2.37. The molecule has 2 aromatic carbocycles. The fourth-order valence-electron chi connectivity index (χ4n) is 2.99. The maximum atomic E-state index is 13.6. The van der Waals surface area contributed by atoms with Gasteiger partial charge in [-0.3, -0.25) is 9.97 Å². The van der Waals surface area contributed by atoms with Crippen LogP contribution in [0.4, 0.5) is 15.8 Å². The molecule has 2 aromatic heterocycles. The lowest BCUT2D eigenvalue weighted by molar-refractivity contribution is 0.0697. The molecule has 0 aliphatic rings. The van der Waals surface area contributed by atoms with Crippen LogP contribution >= 0.6 is 15.9 Å². The number of aromatic nitrogens is 2. The second-order valence-electron chi connectivity index (χ2n) is 6.06. The van der Waals surface area contributed by atoms with Crippen LogP contribution < -0.4 is 5.32 Å². The Hall–Kier alpha value is -3.32. The van der Waals surface area contributed by atoms with Crippen LogP contribution in [-0.2, 0) is 0 Å². The lowest BCUT2D eigenvalue weighted by Gasteiger charge is -2.17. The van der Waals surface area contributed by atoms with E-state index < -0.39 is 11.8 Å². The first-order valence-corrected chi connectivity index (χ1v) is 9.11. The zero-order chi connectivity index (χ0) is 19.7. The highest BCUT2D eigenvalue weighted by molar-refractivity contribution is 9.10. The van der Waals surface area contributed by atoms with Gasteiger partial charge in [0.2, 0.25) is 0 Å². The molecular weight excluding hydrogens is 425 g/mol. The predicted molar refractivity (Wildman–Crippen MR) is 109 cm³/mol. The van der Waals surface area contributed by atoms with E-state index >= 15 is 0 Å². The number of carboxylic acids is 1. The van der Waals surface area contributed by atoms with Crippen molar-refractivity contribution in [2.75, 3.05) is 5.32 Å². The van der Waals surface area contributed by atoms with E-state index in [0.29, 0.717) is 5.69 Å². The Bertz CT molecular complexity index is 1200. The second kappa shape index (κ2) is 7.36. The normalized spacial score (nSPS) is 10.8. The average molecular weight is 438 g/mol. The van der Waals surface area contributed by atoms with Crippen molar-refractivity contribution in [2.45, 2.75) is 0 Å². The summed E-state index contributed by atoms with van der Waals surface area (Å²) in [5, 5.41) is 13.5. The van der Waals surface area contributed by atoms with Crippen molar-refractivity contribution in [3.05, 3.63) is 83.0 Å². The van der Waals surface area contributed by atoms with Gasteiger partial charge in [0.25, 0.3) is 0 Å². The molecular formula is C21H13BrFN3O2. The Morgan fingerprint density at radius 1 is 1.07 bits per heavy atom. The molecule has 28 heavy (non-hydrogen) atoms. The topological polar surface area (TPSA) is 75.1 Å². The van der Waals surface area contributed by atoms with E-state index in [-0.39, 0.29) is 11.3 Å². The molecule has 0 saturated heterocycles. The zero-order valence-corrected chi connectivity index (χ0v) is 15.9. The fraction of sp³-hybridized carbons (Fsp3) is 0. The van der Waals surface area contributed by atoms with Gasteiger partial charge in [-0.1, -0.05) is 15.9 Å². The van der Waals surface area contributed by atoms with Crippen LogP contribution in [-0.4, -0.2) is 21.0 Å². The van der Waals surface area contributed by atoms with E-state index in [1.165, 1.54) is 12.1 Å². The molecule has 2 heterocycles. The Labute approximate surface area is 168 Å². The standard InChI is InChI=1S/C21H13BrFN3O2/c22-13-1-3-18-15(9-13)20(17(11-25-18)12-5-7-24-8-6-12)26-19-4-2-14(23)10-16(19)21(27)28/h1-11H,(H,25,26)(H,27,28). The van der Waals surface area contributed by atoms with Crippen LogP contribution in [0, 0.1) is 5.82 Å². The number of hydrogen-bond donors (Lipinski definition) is 2. The van der Waals surface area contributed by atoms with Gasteiger partial charge in [0, 0.05) is 34.0 Å². The van der Waals surface area contributed by atoms with E-state index in [2.05, 4.69) is 31.2 Å². The molecule has 4 rings (SSSR count). The highest BCUT2D eigenvalue weighted by atomic mass is 79.9. The molecule has 138 valence electrons. The predicted octanol–water partition coefficient (Wildman–Crippen LogP) is 5.64. The first-order chi connectivity index (χ1) is 13.5. The first-order valence-electron chi connectivity index (χ1n) is 8.31. The molecule has 4 aromatic rings. The van der Waals surface area contributed by atoms with Crippen molar-refractivity contribution in [1.82, 2.24) is 9.97 Å². The molecule has 0 amide bonds.